The number of anilines is 1. The summed E-state index contributed by atoms with van der Waals surface area (Å²) in [6, 6.07) is 8.34. The van der Waals surface area contributed by atoms with Gasteiger partial charge in [-0.2, -0.15) is 5.10 Å². The maximum absolute atomic E-state index is 12.3. The maximum atomic E-state index is 12.3. The molecule has 0 aliphatic rings. The molecule has 106 valence electrons. The number of carbonyl (C=O) groups excluding carboxylic acids is 1. The number of hydrogen-bond acceptors (Lipinski definition) is 2. The highest BCUT2D eigenvalue weighted by Crippen LogP contribution is 2.31. The Labute approximate surface area is 135 Å². The Balaban J connectivity index is 1.98. The molecule has 0 aliphatic heterocycles. The van der Waals surface area contributed by atoms with Crippen molar-refractivity contribution < 1.29 is 4.79 Å². The average Bonchev–Trinajstić information content (AvgIpc) is 2.91. The van der Waals surface area contributed by atoms with Crippen LogP contribution in [0.5, 0.6) is 0 Å². The summed E-state index contributed by atoms with van der Waals surface area (Å²) < 4.78 is 0. The molecular weight excluding hydrogens is 333 g/mol. The molecule has 2 N–H and O–H groups in total. The molecule has 0 bridgehead atoms. The Hall–Kier alpha value is -1.75. The van der Waals surface area contributed by atoms with Gasteiger partial charge in [-0.25, -0.2) is 0 Å². The molecule has 3 aromatic rings. The Morgan fingerprint density at radius 3 is 2.52 bits per heavy atom. The topological polar surface area (TPSA) is 57.8 Å². The number of nitrogens with one attached hydrogen (secondary N) is 2. The predicted molar refractivity (Wildman–Crippen MR) is 85.5 cm³/mol. The second-order valence-corrected chi connectivity index (χ2v) is 5.50. The second-order valence-electron chi connectivity index (χ2n) is 4.31. The van der Waals surface area contributed by atoms with Gasteiger partial charge in [0.25, 0.3) is 5.91 Å². The van der Waals surface area contributed by atoms with E-state index in [2.05, 4.69) is 15.5 Å². The van der Waals surface area contributed by atoms with Crippen LogP contribution in [0.3, 0.4) is 0 Å². The van der Waals surface area contributed by atoms with Crippen LogP contribution in [0.25, 0.3) is 10.9 Å². The van der Waals surface area contributed by atoms with E-state index in [1.54, 1.807) is 36.5 Å². The first-order valence-electron chi connectivity index (χ1n) is 5.95. The van der Waals surface area contributed by atoms with Gasteiger partial charge in [0.05, 0.1) is 38.0 Å². The normalized spacial score (nSPS) is 10.8. The number of nitrogens with zero attached hydrogens (tertiary/aromatic N) is 1. The summed E-state index contributed by atoms with van der Waals surface area (Å²) in [4.78, 5) is 12.3. The highest BCUT2D eigenvalue weighted by atomic mass is 35.5. The van der Waals surface area contributed by atoms with E-state index in [4.69, 9.17) is 34.8 Å². The summed E-state index contributed by atoms with van der Waals surface area (Å²) in [6.07, 6.45) is 1.59. The van der Waals surface area contributed by atoms with Crippen LogP contribution in [0.15, 0.2) is 36.5 Å². The van der Waals surface area contributed by atoms with Crippen LogP contribution >= 0.6 is 34.8 Å². The lowest BCUT2D eigenvalue weighted by Gasteiger charge is -2.10. The number of aromatic nitrogens is 2. The molecule has 21 heavy (non-hydrogen) atoms. The number of H-pyrrole nitrogens is 1. The molecule has 0 spiro atoms. The van der Waals surface area contributed by atoms with Gasteiger partial charge >= 0.3 is 0 Å². The van der Waals surface area contributed by atoms with Crippen molar-refractivity contribution in [2.45, 2.75) is 0 Å². The van der Waals surface area contributed by atoms with E-state index >= 15 is 0 Å². The van der Waals surface area contributed by atoms with E-state index in [0.717, 1.165) is 10.9 Å². The van der Waals surface area contributed by atoms with E-state index in [0.29, 0.717) is 10.7 Å². The molecule has 0 atom stereocenters. The first-order valence-corrected chi connectivity index (χ1v) is 7.08. The van der Waals surface area contributed by atoms with E-state index in [9.17, 15) is 4.79 Å². The quantitative estimate of drug-likeness (QED) is 0.705. The Kier molecular flexibility index (Phi) is 3.76. The van der Waals surface area contributed by atoms with Crippen LogP contribution in [0.4, 0.5) is 5.69 Å². The summed E-state index contributed by atoms with van der Waals surface area (Å²) in [7, 11) is 0. The number of amides is 1. The minimum atomic E-state index is -0.421. The maximum Gasteiger partial charge on any atom is 0.258 e. The molecular formula is C14H8Cl3N3O. The van der Waals surface area contributed by atoms with Gasteiger partial charge in [-0.3, -0.25) is 9.89 Å². The number of benzene rings is 2. The van der Waals surface area contributed by atoms with Gasteiger partial charge in [0.1, 0.15) is 0 Å². The second kappa shape index (κ2) is 5.56. The standard InChI is InChI=1S/C14H8Cl3N3O/c15-8-2-1-3-9(16)12(8)14(21)19-11-5-4-10-7(13(11)17)6-18-20-10/h1-6H,(H,18,20)(H,19,21). The molecule has 0 saturated carbocycles. The zero-order valence-corrected chi connectivity index (χ0v) is 12.7. The first-order chi connectivity index (χ1) is 10.1. The van der Waals surface area contributed by atoms with Gasteiger partial charge in [-0.1, -0.05) is 40.9 Å². The monoisotopic (exact) mass is 339 g/mol. The zero-order chi connectivity index (χ0) is 15.0. The Bertz CT molecular complexity index is 824. The summed E-state index contributed by atoms with van der Waals surface area (Å²) in [5.41, 5.74) is 1.46. The number of halogens is 3. The van der Waals surface area contributed by atoms with E-state index in [1.807, 2.05) is 0 Å². The summed E-state index contributed by atoms with van der Waals surface area (Å²) >= 11 is 18.3. The van der Waals surface area contributed by atoms with Crippen molar-refractivity contribution in [1.82, 2.24) is 10.2 Å². The van der Waals surface area contributed by atoms with Crippen molar-refractivity contribution >= 4 is 57.3 Å². The van der Waals surface area contributed by atoms with Gasteiger partial charge in [-0.05, 0) is 24.3 Å². The van der Waals surface area contributed by atoms with Gasteiger partial charge < -0.3 is 5.32 Å². The fraction of sp³-hybridized carbons (Fsp3) is 0. The van der Waals surface area contributed by atoms with Crippen molar-refractivity contribution in [3.63, 3.8) is 0 Å². The van der Waals surface area contributed by atoms with Gasteiger partial charge in [0.2, 0.25) is 0 Å². The van der Waals surface area contributed by atoms with Gasteiger partial charge in [0, 0.05) is 5.39 Å². The molecule has 0 fully saturated rings. The van der Waals surface area contributed by atoms with Crippen LogP contribution in [0, 0.1) is 0 Å². The third-order valence-electron chi connectivity index (χ3n) is 3.00. The number of aromatic amines is 1. The summed E-state index contributed by atoms with van der Waals surface area (Å²) in [5.74, 6) is -0.421. The molecule has 0 saturated heterocycles. The third kappa shape index (κ3) is 2.58. The highest BCUT2D eigenvalue weighted by molar-refractivity contribution is 6.41. The predicted octanol–water partition coefficient (Wildman–Crippen LogP) is 4.78. The zero-order valence-electron chi connectivity index (χ0n) is 10.5. The van der Waals surface area contributed by atoms with E-state index in [1.165, 1.54) is 0 Å². The van der Waals surface area contributed by atoms with Crippen LogP contribution in [0.1, 0.15) is 10.4 Å². The van der Waals surface area contributed by atoms with E-state index < -0.39 is 5.91 Å². The lowest BCUT2D eigenvalue weighted by molar-refractivity contribution is 0.102. The lowest BCUT2D eigenvalue weighted by atomic mass is 10.2. The molecule has 1 amide bonds. The average molecular weight is 341 g/mol. The molecule has 2 aromatic carbocycles. The molecule has 7 heteroatoms. The highest BCUT2D eigenvalue weighted by Gasteiger charge is 2.16. The minimum Gasteiger partial charge on any atom is -0.321 e. The Morgan fingerprint density at radius 1 is 1.10 bits per heavy atom. The third-order valence-corrected chi connectivity index (χ3v) is 4.03. The van der Waals surface area contributed by atoms with Crippen LogP contribution in [-0.2, 0) is 0 Å². The van der Waals surface area contributed by atoms with E-state index in [-0.39, 0.29) is 15.6 Å². The number of carbonyl (C=O) groups is 1. The van der Waals surface area contributed by atoms with Gasteiger partial charge in [0.15, 0.2) is 0 Å². The van der Waals surface area contributed by atoms with Crippen LogP contribution in [0.2, 0.25) is 15.1 Å². The molecule has 4 nitrogen and oxygen atoms in total. The van der Waals surface area contributed by atoms with Crippen molar-refractivity contribution in [2.24, 2.45) is 0 Å². The van der Waals surface area contributed by atoms with Crippen molar-refractivity contribution in [2.75, 3.05) is 5.32 Å². The van der Waals surface area contributed by atoms with Crippen LogP contribution in [-0.4, -0.2) is 16.1 Å². The fourth-order valence-corrected chi connectivity index (χ4v) is 2.81. The number of hydrogen-bond donors (Lipinski definition) is 2. The first kappa shape index (κ1) is 14.2. The molecule has 0 unspecified atom stereocenters. The SMILES string of the molecule is O=C(Nc1ccc2[nH]ncc2c1Cl)c1c(Cl)cccc1Cl. The molecule has 1 aromatic heterocycles. The molecule has 1 heterocycles. The number of rotatable bonds is 2. The minimum absolute atomic E-state index is 0.212. The smallest absolute Gasteiger partial charge is 0.258 e. The molecule has 0 radical (unpaired) electrons. The Morgan fingerprint density at radius 2 is 1.81 bits per heavy atom. The van der Waals surface area contributed by atoms with Crippen molar-refractivity contribution in [1.29, 1.82) is 0 Å². The molecule has 3 rings (SSSR count). The van der Waals surface area contributed by atoms with Crippen LogP contribution < -0.4 is 5.32 Å². The molecule has 0 aliphatic carbocycles. The van der Waals surface area contributed by atoms with Gasteiger partial charge in [-0.15, -0.1) is 0 Å². The summed E-state index contributed by atoms with van der Waals surface area (Å²) in [5, 5.41) is 11.1. The fourth-order valence-electron chi connectivity index (χ4n) is 1.98. The van der Waals surface area contributed by atoms with Crippen molar-refractivity contribution in [3.8, 4) is 0 Å². The number of fused-ring (bicyclic) bond motifs is 1. The lowest BCUT2D eigenvalue weighted by Crippen LogP contribution is -2.13. The summed E-state index contributed by atoms with van der Waals surface area (Å²) in [6.45, 7) is 0. The largest absolute Gasteiger partial charge is 0.321 e. The van der Waals surface area contributed by atoms with Crippen molar-refractivity contribution in [3.05, 3.63) is 57.2 Å².